The monoisotopic (exact) mass is 265 g/mol. The van der Waals surface area contributed by atoms with Gasteiger partial charge in [-0.05, 0) is 30.2 Å². The van der Waals surface area contributed by atoms with Gasteiger partial charge in [0.05, 0.1) is 11.4 Å². The smallest absolute Gasteiger partial charge is 0.123 e. The van der Waals surface area contributed by atoms with Gasteiger partial charge in [-0.2, -0.15) is 5.10 Å². The fourth-order valence-corrected chi connectivity index (χ4v) is 2.59. The van der Waals surface area contributed by atoms with E-state index < -0.39 is 0 Å². The molecule has 0 aliphatic heterocycles. The zero-order valence-electron chi connectivity index (χ0n) is 10.6. The van der Waals surface area contributed by atoms with E-state index in [0.29, 0.717) is 11.6 Å². The van der Waals surface area contributed by atoms with Gasteiger partial charge >= 0.3 is 0 Å². The fraction of sp³-hybridized carbons (Fsp3) is 0.308. The highest BCUT2D eigenvalue weighted by atomic mass is 32.2. The Labute approximate surface area is 110 Å². The molecule has 0 atom stereocenters. The topological polar surface area (TPSA) is 43.8 Å². The van der Waals surface area contributed by atoms with Gasteiger partial charge in [-0.3, -0.25) is 4.68 Å². The van der Waals surface area contributed by atoms with E-state index in [0.717, 1.165) is 15.6 Å². The molecule has 0 amide bonds. The average molecular weight is 265 g/mol. The van der Waals surface area contributed by atoms with Crippen LogP contribution in [0.5, 0.6) is 0 Å². The summed E-state index contributed by atoms with van der Waals surface area (Å²) in [4.78, 5) is 0.946. The van der Waals surface area contributed by atoms with Crippen molar-refractivity contribution in [3.63, 3.8) is 0 Å². The van der Waals surface area contributed by atoms with E-state index >= 15 is 0 Å². The van der Waals surface area contributed by atoms with Crippen molar-refractivity contribution in [2.45, 2.75) is 29.7 Å². The molecule has 2 rings (SSSR count). The van der Waals surface area contributed by atoms with Gasteiger partial charge in [0.25, 0.3) is 0 Å². The molecule has 2 N–H and O–H groups in total. The first-order valence-corrected chi connectivity index (χ1v) is 6.56. The van der Waals surface area contributed by atoms with E-state index in [1.165, 1.54) is 23.9 Å². The largest absolute Gasteiger partial charge is 0.395 e. The summed E-state index contributed by atoms with van der Waals surface area (Å²) < 4.78 is 14.6. The maximum absolute atomic E-state index is 12.8. The molecule has 3 nitrogen and oxygen atoms in total. The lowest BCUT2D eigenvalue weighted by Gasteiger charge is -2.04. The number of halogens is 1. The maximum Gasteiger partial charge on any atom is 0.123 e. The molecule has 1 aromatic heterocycles. The Morgan fingerprint density at radius 1 is 1.28 bits per heavy atom. The van der Waals surface area contributed by atoms with E-state index in [1.807, 2.05) is 7.05 Å². The van der Waals surface area contributed by atoms with E-state index in [1.54, 1.807) is 16.8 Å². The minimum atomic E-state index is -0.236. The summed E-state index contributed by atoms with van der Waals surface area (Å²) in [6.07, 6.45) is 0. The number of aromatic nitrogens is 2. The number of hydrogen-bond donors (Lipinski definition) is 1. The Hall–Kier alpha value is -1.49. The first-order valence-electron chi connectivity index (χ1n) is 5.75. The molecule has 5 heteroatoms. The number of nitrogens with zero attached hydrogens (tertiary/aromatic N) is 2. The van der Waals surface area contributed by atoms with E-state index in [9.17, 15) is 4.39 Å². The third kappa shape index (κ3) is 2.51. The SMILES string of the molecule is CC(C)c1nn(C)c(Sc2ccc(F)cc2)c1N. The molecule has 0 aliphatic carbocycles. The van der Waals surface area contributed by atoms with Crippen molar-refractivity contribution in [3.8, 4) is 0 Å². The normalized spacial score (nSPS) is 11.2. The quantitative estimate of drug-likeness (QED) is 0.924. The van der Waals surface area contributed by atoms with E-state index in [-0.39, 0.29) is 5.82 Å². The Morgan fingerprint density at radius 2 is 1.89 bits per heavy atom. The highest BCUT2D eigenvalue weighted by Gasteiger charge is 2.16. The van der Waals surface area contributed by atoms with Crippen molar-refractivity contribution in [2.75, 3.05) is 5.73 Å². The van der Waals surface area contributed by atoms with Crippen molar-refractivity contribution in [1.82, 2.24) is 9.78 Å². The molecule has 0 unspecified atom stereocenters. The molecule has 0 aliphatic rings. The maximum atomic E-state index is 12.8. The second-order valence-electron chi connectivity index (χ2n) is 4.44. The summed E-state index contributed by atoms with van der Waals surface area (Å²) in [5, 5.41) is 5.31. The first kappa shape index (κ1) is 13.0. The van der Waals surface area contributed by atoms with Crippen LogP contribution >= 0.6 is 11.8 Å². The minimum Gasteiger partial charge on any atom is -0.395 e. The number of rotatable bonds is 3. The third-order valence-corrected chi connectivity index (χ3v) is 3.82. The fourth-order valence-electron chi connectivity index (χ4n) is 1.71. The van der Waals surface area contributed by atoms with Crippen molar-refractivity contribution in [3.05, 3.63) is 35.8 Å². The molecule has 2 aromatic rings. The highest BCUT2D eigenvalue weighted by molar-refractivity contribution is 7.99. The van der Waals surface area contributed by atoms with Crippen LogP contribution in [0.2, 0.25) is 0 Å². The second kappa shape index (κ2) is 5.02. The van der Waals surface area contributed by atoms with Gasteiger partial charge in [0, 0.05) is 11.9 Å². The van der Waals surface area contributed by atoms with Gasteiger partial charge in [-0.1, -0.05) is 25.6 Å². The van der Waals surface area contributed by atoms with Gasteiger partial charge < -0.3 is 5.73 Å². The number of nitrogen functional groups attached to an aromatic ring is 1. The highest BCUT2D eigenvalue weighted by Crippen LogP contribution is 2.35. The van der Waals surface area contributed by atoms with Crippen LogP contribution in [0.4, 0.5) is 10.1 Å². The standard InChI is InChI=1S/C13H16FN3S/c1-8(2)12-11(15)13(17(3)16-12)18-10-6-4-9(14)5-7-10/h4-8H,15H2,1-3H3. The van der Waals surface area contributed by atoms with Gasteiger partial charge in [-0.15, -0.1) is 0 Å². The van der Waals surface area contributed by atoms with Crippen LogP contribution in [0, 0.1) is 5.82 Å². The Kier molecular flexibility index (Phi) is 3.61. The molecule has 0 saturated carbocycles. The van der Waals surface area contributed by atoms with Crippen LogP contribution < -0.4 is 5.73 Å². The Bertz CT molecular complexity index is 546. The summed E-state index contributed by atoms with van der Waals surface area (Å²) in [5.41, 5.74) is 7.72. The Morgan fingerprint density at radius 3 is 2.39 bits per heavy atom. The predicted molar refractivity (Wildman–Crippen MR) is 72.2 cm³/mol. The van der Waals surface area contributed by atoms with Crippen molar-refractivity contribution in [2.24, 2.45) is 7.05 Å². The van der Waals surface area contributed by atoms with Gasteiger partial charge in [-0.25, -0.2) is 4.39 Å². The molecule has 1 aromatic carbocycles. The van der Waals surface area contributed by atoms with E-state index in [4.69, 9.17) is 5.73 Å². The molecule has 18 heavy (non-hydrogen) atoms. The molecule has 0 radical (unpaired) electrons. The van der Waals surface area contributed by atoms with Crippen LogP contribution in [0.25, 0.3) is 0 Å². The van der Waals surface area contributed by atoms with Gasteiger partial charge in [0.15, 0.2) is 0 Å². The molecule has 0 saturated heterocycles. The molecular formula is C13H16FN3S. The van der Waals surface area contributed by atoms with Gasteiger partial charge in [0.1, 0.15) is 10.8 Å². The average Bonchev–Trinajstić information content (AvgIpc) is 2.60. The number of hydrogen-bond acceptors (Lipinski definition) is 3. The molecule has 96 valence electrons. The third-order valence-electron chi connectivity index (χ3n) is 2.63. The zero-order valence-corrected chi connectivity index (χ0v) is 11.5. The molecule has 0 fully saturated rings. The molecule has 0 bridgehead atoms. The number of anilines is 1. The van der Waals surface area contributed by atoms with Crippen LogP contribution in [0.15, 0.2) is 34.2 Å². The number of nitrogens with two attached hydrogens (primary N) is 1. The molecule has 0 spiro atoms. The van der Waals surface area contributed by atoms with Crippen molar-refractivity contribution >= 4 is 17.4 Å². The van der Waals surface area contributed by atoms with Crippen LogP contribution in [-0.4, -0.2) is 9.78 Å². The number of aryl methyl sites for hydroxylation is 1. The van der Waals surface area contributed by atoms with Crippen LogP contribution in [0.3, 0.4) is 0 Å². The lowest BCUT2D eigenvalue weighted by Crippen LogP contribution is -1.94. The minimum absolute atomic E-state index is 0.236. The number of benzene rings is 1. The summed E-state index contributed by atoms with van der Waals surface area (Å²) in [5.74, 6) is 0.0546. The molecular weight excluding hydrogens is 249 g/mol. The van der Waals surface area contributed by atoms with Crippen molar-refractivity contribution < 1.29 is 4.39 Å². The molecule has 1 heterocycles. The predicted octanol–water partition coefficient (Wildman–Crippen LogP) is 3.42. The first-order chi connectivity index (χ1) is 8.49. The Balaban J connectivity index is 2.32. The lowest BCUT2D eigenvalue weighted by molar-refractivity contribution is 0.626. The van der Waals surface area contributed by atoms with E-state index in [2.05, 4.69) is 18.9 Å². The summed E-state index contributed by atoms with van der Waals surface area (Å²) in [7, 11) is 1.87. The van der Waals surface area contributed by atoms with Crippen LogP contribution in [0.1, 0.15) is 25.5 Å². The second-order valence-corrected chi connectivity index (χ2v) is 5.50. The summed E-state index contributed by atoms with van der Waals surface area (Å²) >= 11 is 1.50. The zero-order chi connectivity index (χ0) is 13.3. The summed E-state index contributed by atoms with van der Waals surface area (Å²) in [6, 6.07) is 6.36. The van der Waals surface area contributed by atoms with Crippen LogP contribution in [-0.2, 0) is 7.05 Å². The van der Waals surface area contributed by atoms with Gasteiger partial charge in [0.2, 0.25) is 0 Å². The summed E-state index contributed by atoms with van der Waals surface area (Å²) in [6.45, 7) is 4.12. The van der Waals surface area contributed by atoms with Crippen molar-refractivity contribution in [1.29, 1.82) is 0 Å². The lowest BCUT2D eigenvalue weighted by atomic mass is 10.1.